The molecule has 0 saturated carbocycles. The van der Waals surface area contributed by atoms with Gasteiger partial charge < -0.3 is 15.1 Å². The summed E-state index contributed by atoms with van der Waals surface area (Å²) in [5.41, 5.74) is 5.16. The first-order chi connectivity index (χ1) is 18.2. The van der Waals surface area contributed by atoms with E-state index in [4.69, 9.17) is 4.99 Å². The van der Waals surface area contributed by atoms with Gasteiger partial charge in [0.05, 0.1) is 5.69 Å². The van der Waals surface area contributed by atoms with Crippen molar-refractivity contribution in [2.24, 2.45) is 4.99 Å². The van der Waals surface area contributed by atoms with Crippen molar-refractivity contribution < 1.29 is 9.59 Å². The van der Waals surface area contributed by atoms with Crippen LogP contribution >= 0.6 is 0 Å². The number of aliphatic imine (C=N–C) groups is 1. The van der Waals surface area contributed by atoms with Crippen molar-refractivity contribution in [3.63, 3.8) is 0 Å². The SMILES string of the molecule is CCCN(CCC)C(=O)C1=Cc2ccc(-c3ccc(C(=O)N4CCCC4)cc3)cc2N=C(NC(C)(C)C)C1. The molecule has 2 heterocycles. The molecule has 6 heteroatoms. The number of likely N-dealkylation sites (tertiary alicyclic amines) is 1. The third-order valence-electron chi connectivity index (χ3n) is 6.90. The second-order valence-electron chi connectivity index (χ2n) is 11.4. The molecule has 2 aromatic rings. The summed E-state index contributed by atoms with van der Waals surface area (Å²) < 4.78 is 0. The number of hydrogen-bond donors (Lipinski definition) is 1. The summed E-state index contributed by atoms with van der Waals surface area (Å²) in [5.74, 6) is 1.00. The Morgan fingerprint density at radius 1 is 0.947 bits per heavy atom. The zero-order valence-electron chi connectivity index (χ0n) is 23.6. The number of benzene rings is 2. The molecule has 1 saturated heterocycles. The Morgan fingerprint density at radius 3 is 2.18 bits per heavy atom. The lowest BCUT2D eigenvalue weighted by Crippen LogP contribution is -2.42. The van der Waals surface area contributed by atoms with Crippen molar-refractivity contribution in [2.45, 2.75) is 72.3 Å². The van der Waals surface area contributed by atoms with Crippen LogP contribution in [0.3, 0.4) is 0 Å². The number of fused-ring (bicyclic) bond motifs is 1. The minimum Gasteiger partial charge on any atom is -0.369 e. The molecule has 38 heavy (non-hydrogen) atoms. The van der Waals surface area contributed by atoms with Crippen LogP contribution in [-0.2, 0) is 4.79 Å². The van der Waals surface area contributed by atoms with Crippen LogP contribution < -0.4 is 5.32 Å². The standard InChI is InChI=1S/C32H42N4O2/c1-6-16-35(17-7-2)31(38)27-20-26-15-14-25(21-28(26)33-29(22-27)34-32(3,4)5)23-10-12-24(13-11-23)30(37)36-18-8-9-19-36/h10-15,20-21H,6-9,16-19,22H2,1-5H3,(H,33,34). The van der Waals surface area contributed by atoms with Gasteiger partial charge in [-0.05, 0) is 81.9 Å². The number of rotatable bonds is 7. The number of nitrogens with one attached hydrogen (secondary N) is 1. The molecule has 0 radical (unpaired) electrons. The molecule has 4 rings (SSSR count). The number of amides is 2. The van der Waals surface area contributed by atoms with E-state index in [-0.39, 0.29) is 17.4 Å². The fourth-order valence-electron chi connectivity index (χ4n) is 5.15. The molecule has 1 fully saturated rings. The molecule has 0 spiro atoms. The Hall–Kier alpha value is -3.41. The monoisotopic (exact) mass is 514 g/mol. The Morgan fingerprint density at radius 2 is 1.58 bits per heavy atom. The highest BCUT2D eigenvalue weighted by molar-refractivity contribution is 6.06. The van der Waals surface area contributed by atoms with Crippen molar-refractivity contribution in [1.82, 2.24) is 15.1 Å². The lowest BCUT2D eigenvalue weighted by molar-refractivity contribution is -0.127. The van der Waals surface area contributed by atoms with Crippen LogP contribution in [0, 0.1) is 0 Å². The van der Waals surface area contributed by atoms with E-state index in [1.807, 2.05) is 40.1 Å². The predicted molar refractivity (Wildman–Crippen MR) is 157 cm³/mol. The van der Waals surface area contributed by atoms with E-state index in [1.54, 1.807) is 0 Å². The molecule has 0 unspecified atom stereocenters. The molecule has 2 amide bonds. The second-order valence-corrected chi connectivity index (χ2v) is 11.4. The molecular formula is C32H42N4O2. The van der Waals surface area contributed by atoms with E-state index in [0.717, 1.165) is 91.2 Å². The number of hydrogen-bond acceptors (Lipinski definition) is 4. The Kier molecular flexibility index (Phi) is 8.70. The Labute approximate surface area is 227 Å². The van der Waals surface area contributed by atoms with E-state index in [0.29, 0.717) is 6.42 Å². The van der Waals surface area contributed by atoms with Gasteiger partial charge in [0.1, 0.15) is 5.84 Å². The van der Waals surface area contributed by atoms with Crippen LogP contribution in [0.1, 0.15) is 82.6 Å². The Bertz CT molecular complexity index is 1210. The molecule has 202 valence electrons. The molecule has 0 atom stereocenters. The maximum Gasteiger partial charge on any atom is 0.253 e. The first-order valence-corrected chi connectivity index (χ1v) is 14.1. The summed E-state index contributed by atoms with van der Waals surface area (Å²) >= 11 is 0. The van der Waals surface area contributed by atoms with Crippen molar-refractivity contribution in [1.29, 1.82) is 0 Å². The molecule has 6 nitrogen and oxygen atoms in total. The van der Waals surface area contributed by atoms with Gasteiger partial charge in [-0.15, -0.1) is 0 Å². The maximum atomic E-state index is 13.6. The fourth-order valence-corrected chi connectivity index (χ4v) is 5.15. The predicted octanol–water partition coefficient (Wildman–Crippen LogP) is 6.44. The normalized spacial score (nSPS) is 15.3. The number of carbonyl (C=O) groups excluding carboxylic acids is 2. The van der Waals surface area contributed by atoms with Crippen LogP contribution in [-0.4, -0.2) is 59.2 Å². The van der Waals surface area contributed by atoms with Crippen LogP contribution in [0.4, 0.5) is 5.69 Å². The van der Waals surface area contributed by atoms with E-state index >= 15 is 0 Å². The number of amidine groups is 1. The quantitative estimate of drug-likeness (QED) is 0.462. The molecule has 0 aliphatic carbocycles. The summed E-state index contributed by atoms with van der Waals surface area (Å²) in [6, 6.07) is 14.1. The molecule has 2 aliphatic heterocycles. The average Bonchev–Trinajstić information content (AvgIpc) is 3.36. The number of nitrogens with zero attached hydrogens (tertiary/aromatic N) is 3. The first kappa shape index (κ1) is 27.6. The van der Waals surface area contributed by atoms with Gasteiger partial charge in [-0.2, -0.15) is 0 Å². The summed E-state index contributed by atoms with van der Waals surface area (Å²) in [7, 11) is 0. The van der Waals surface area contributed by atoms with Crippen LogP contribution in [0.2, 0.25) is 0 Å². The summed E-state index contributed by atoms with van der Waals surface area (Å²) in [6.07, 6.45) is 6.52. The molecule has 2 aromatic carbocycles. The zero-order chi connectivity index (χ0) is 27.3. The van der Waals surface area contributed by atoms with Gasteiger partial charge in [0.25, 0.3) is 5.91 Å². The smallest absolute Gasteiger partial charge is 0.253 e. The minimum absolute atomic E-state index is 0.0901. The fraction of sp³-hybridized carbons (Fsp3) is 0.469. The van der Waals surface area contributed by atoms with Crippen molar-refractivity contribution >= 4 is 29.4 Å². The maximum absolute atomic E-state index is 13.6. The van der Waals surface area contributed by atoms with Crippen LogP contribution in [0.25, 0.3) is 17.2 Å². The lowest BCUT2D eigenvalue weighted by atomic mass is 9.99. The van der Waals surface area contributed by atoms with Gasteiger partial charge >= 0.3 is 0 Å². The zero-order valence-corrected chi connectivity index (χ0v) is 23.6. The van der Waals surface area contributed by atoms with Gasteiger partial charge in [0.15, 0.2) is 0 Å². The third-order valence-corrected chi connectivity index (χ3v) is 6.90. The molecule has 1 N–H and O–H groups in total. The molecule has 0 bridgehead atoms. The highest BCUT2D eigenvalue weighted by Crippen LogP contribution is 2.33. The third kappa shape index (κ3) is 6.72. The number of carbonyl (C=O) groups is 2. The average molecular weight is 515 g/mol. The van der Waals surface area contributed by atoms with Gasteiger partial charge in [-0.3, -0.25) is 9.59 Å². The first-order valence-electron chi connectivity index (χ1n) is 14.1. The lowest BCUT2D eigenvalue weighted by Gasteiger charge is -2.25. The molecule has 2 aliphatic rings. The molecule has 0 aromatic heterocycles. The van der Waals surface area contributed by atoms with E-state index < -0.39 is 0 Å². The summed E-state index contributed by atoms with van der Waals surface area (Å²) in [6.45, 7) is 13.7. The highest BCUT2D eigenvalue weighted by atomic mass is 16.2. The van der Waals surface area contributed by atoms with Gasteiger partial charge in [0.2, 0.25) is 5.91 Å². The topological polar surface area (TPSA) is 65.0 Å². The van der Waals surface area contributed by atoms with Gasteiger partial charge in [-0.1, -0.05) is 38.1 Å². The molecular weight excluding hydrogens is 472 g/mol. The van der Waals surface area contributed by atoms with Crippen molar-refractivity contribution in [3.05, 3.63) is 59.2 Å². The largest absolute Gasteiger partial charge is 0.369 e. The van der Waals surface area contributed by atoms with Gasteiger partial charge in [-0.25, -0.2) is 4.99 Å². The van der Waals surface area contributed by atoms with E-state index in [9.17, 15) is 9.59 Å². The van der Waals surface area contributed by atoms with Crippen molar-refractivity contribution in [2.75, 3.05) is 26.2 Å². The second kappa shape index (κ2) is 12.0. The van der Waals surface area contributed by atoms with E-state index in [1.165, 1.54) is 0 Å². The van der Waals surface area contributed by atoms with Crippen LogP contribution in [0.5, 0.6) is 0 Å². The summed E-state index contributed by atoms with van der Waals surface area (Å²) in [4.78, 5) is 35.2. The Balaban J connectivity index is 1.66. The summed E-state index contributed by atoms with van der Waals surface area (Å²) in [5, 5.41) is 3.53. The van der Waals surface area contributed by atoms with Crippen LogP contribution in [0.15, 0.2) is 53.0 Å². The highest BCUT2D eigenvalue weighted by Gasteiger charge is 2.24. The van der Waals surface area contributed by atoms with E-state index in [2.05, 4.69) is 58.1 Å². The minimum atomic E-state index is -0.181. The van der Waals surface area contributed by atoms with Crippen molar-refractivity contribution in [3.8, 4) is 11.1 Å². The van der Waals surface area contributed by atoms with Gasteiger partial charge in [0, 0.05) is 54.8 Å².